The maximum atomic E-state index is 13.2. The van der Waals surface area contributed by atoms with Crippen molar-refractivity contribution in [3.05, 3.63) is 23.5 Å². The lowest BCUT2D eigenvalue weighted by Gasteiger charge is -2.06. The Hall–Kier alpha value is -2.18. The second-order valence-corrected chi connectivity index (χ2v) is 3.19. The number of halogens is 1. The van der Waals surface area contributed by atoms with Gasteiger partial charge >= 0.3 is 5.97 Å². The molecule has 0 spiro atoms. The third-order valence-electron chi connectivity index (χ3n) is 2.21. The Bertz CT molecular complexity index is 463. The Labute approximate surface area is 90.3 Å². The first kappa shape index (κ1) is 10.3. The highest BCUT2D eigenvalue weighted by Crippen LogP contribution is 2.34. The molecule has 1 aromatic carbocycles. The molecule has 0 fully saturated rings. The summed E-state index contributed by atoms with van der Waals surface area (Å²) in [5, 5.41) is 8.71. The summed E-state index contributed by atoms with van der Waals surface area (Å²) in [5.74, 6) is -1.20. The van der Waals surface area contributed by atoms with Gasteiger partial charge in [0.1, 0.15) is 5.82 Å². The van der Waals surface area contributed by atoms with Crippen LogP contribution in [-0.2, 0) is 4.74 Å². The first-order valence-corrected chi connectivity index (χ1v) is 4.47. The lowest BCUT2D eigenvalue weighted by molar-refractivity contribution is 0.0601. The van der Waals surface area contributed by atoms with Crippen LogP contribution in [0.25, 0.3) is 0 Å². The normalized spacial score (nSPS) is 17.0. The molecular weight excluding hydrogens is 215 g/mol. The number of methoxy groups -OCH3 is 1. The van der Waals surface area contributed by atoms with E-state index in [9.17, 15) is 9.18 Å². The number of nitrogens with zero attached hydrogens (tertiary/aromatic N) is 1. The average molecular weight is 224 g/mol. The zero-order valence-corrected chi connectivity index (χ0v) is 8.37. The fourth-order valence-electron chi connectivity index (χ4n) is 1.53. The molecule has 0 aliphatic carbocycles. The van der Waals surface area contributed by atoms with Gasteiger partial charge in [0.2, 0.25) is 6.29 Å². The van der Waals surface area contributed by atoms with Crippen molar-refractivity contribution in [1.82, 2.24) is 0 Å². The summed E-state index contributed by atoms with van der Waals surface area (Å²) in [7, 11) is 1.22. The molecule has 0 bridgehead atoms. The highest BCUT2D eigenvalue weighted by molar-refractivity contribution is 6.00. The van der Waals surface area contributed by atoms with Crippen LogP contribution in [0.5, 0.6) is 0 Å². The van der Waals surface area contributed by atoms with Crippen LogP contribution in [0.3, 0.4) is 0 Å². The predicted molar refractivity (Wildman–Crippen MR) is 53.9 cm³/mol. The van der Waals surface area contributed by atoms with Crippen LogP contribution in [0.2, 0.25) is 0 Å². The smallest absolute Gasteiger partial charge is 0.340 e. The van der Waals surface area contributed by atoms with Gasteiger partial charge in [0, 0.05) is 0 Å². The minimum absolute atomic E-state index is 0.0798. The molecule has 1 aromatic rings. The number of hydrogen-bond donors (Lipinski definition) is 3. The van der Waals surface area contributed by atoms with Crippen molar-refractivity contribution in [3.8, 4) is 0 Å². The summed E-state index contributed by atoms with van der Waals surface area (Å²) < 4.78 is 17.7. The summed E-state index contributed by atoms with van der Waals surface area (Å²) >= 11 is 0. The molecule has 0 aromatic heterocycles. The predicted octanol–water partition coefficient (Wildman–Crippen LogP) is 1.76. The molecule has 1 aliphatic heterocycles. The van der Waals surface area contributed by atoms with E-state index in [0.717, 1.165) is 6.07 Å². The van der Waals surface area contributed by atoms with E-state index in [4.69, 9.17) is 5.53 Å². The van der Waals surface area contributed by atoms with Gasteiger partial charge in [0.05, 0.1) is 24.0 Å². The van der Waals surface area contributed by atoms with E-state index in [0.29, 0.717) is 11.4 Å². The van der Waals surface area contributed by atoms with Gasteiger partial charge in [-0.05, 0) is 12.1 Å². The van der Waals surface area contributed by atoms with Crippen LogP contribution in [0, 0.1) is 11.3 Å². The minimum Gasteiger partial charge on any atom is -0.465 e. The van der Waals surface area contributed by atoms with E-state index in [2.05, 4.69) is 20.5 Å². The maximum absolute atomic E-state index is 13.2. The van der Waals surface area contributed by atoms with Gasteiger partial charge in [-0.3, -0.25) is 0 Å². The number of benzene rings is 1. The number of carbonyl (C=O) groups is 1. The number of esters is 1. The average Bonchev–Trinajstić information content (AvgIpc) is 2.69. The van der Waals surface area contributed by atoms with Gasteiger partial charge in [-0.1, -0.05) is 0 Å². The molecule has 1 atom stereocenters. The first-order chi connectivity index (χ1) is 7.65. The van der Waals surface area contributed by atoms with E-state index < -0.39 is 18.1 Å². The summed E-state index contributed by atoms with van der Waals surface area (Å²) in [6.07, 6.45) is -0.680. The van der Waals surface area contributed by atoms with Gasteiger partial charge in [-0.15, -0.1) is 5.11 Å². The largest absolute Gasteiger partial charge is 0.465 e. The lowest BCUT2D eigenvalue weighted by atomic mass is 10.1. The molecule has 0 radical (unpaired) electrons. The maximum Gasteiger partial charge on any atom is 0.340 e. The lowest BCUT2D eigenvalue weighted by Crippen LogP contribution is -2.18. The van der Waals surface area contributed by atoms with Gasteiger partial charge in [-0.2, -0.15) is 0 Å². The Morgan fingerprint density at radius 1 is 1.56 bits per heavy atom. The summed E-state index contributed by atoms with van der Waals surface area (Å²) in [5.41, 5.74) is 7.71. The highest BCUT2D eigenvalue weighted by atomic mass is 19.1. The molecule has 1 aliphatic rings. The number of hydrogen-bond acceptors (Lipinski definition) is 6. The Balaban J connectivity index is 2.48. The Kier molecular flexibility index (Phi) is 2.43. The monoisotopic (exact) mass is 224 g/mol. The van der Waals surface area contributed by atoms with Crippen LogP contribution in [0.4, 0.5) is 15.8 Å². The fourth-order valence-corrected chi connectivity index (χ4v) is 1.53. The van der Waals surface area contributed by atoms with Crippen molar-refractivity contribution in [2.45, 2.75) is 6.29 Å². The van der Waals surface area contributed by atoms with Crippen molar-refractivity contribution in [2.24, 2.45) is 5.11 Å². The fraction of sp³-hybridized carbons (Fsp3) is 0.222. The first-order valence-electron chi connectivity index (χ1n) is 4.47. The molecule has 84 valence electrons. The standard InChI is InChI=1S/C9H9FN4O2/c1-16-8(15)5-2-4(10)3-6-7(5)13-9(12-6)14-11/h2-3,9,11-13H,1H3. The number of nitrogens with one attached hydrogen (secondary N) is 3. The molecule has 16 heavy (non-hydrogen) atoms. The second kappa shape index (κ2) is 3.76. The van der Waals surface area contributed by atoms with E-state index in [-0.39, 0.29) is 5.56 Å². The van der Waals surface area contributed by atoms with Crippen LogP contribution in [0.1, 0.15) is 10.4 Å². The highest BCUT2D eigenvalue weighted by Gasteiger charge is 2.25. The molecule has 0 amide bonds. The van der Waals surface area contributed by atoms with Crippen LogP contribution >= 0.6 is 0 Å². The van der Waals surface area contributed by atoms with E-state index in [1.807, 2.05) is 0 Å². The van der Waals surface area contributed by atoms with Crippen LogP contribution in [-0.4, -0.2) is 19.4 Å². The quantitative estimate of drug-likeness (QED) is 0.527. The van der Waals surface area contributed by atoms with Crippen molar-refractivity contribution in [2.75, 3.05) is 17.7 Å². The summed E-state index contributed by atoms with van der Waals surface area (Å²) in [6.45, 7) is 0. The van der Waals surface area contributed by atoms with E-state index in [1.165, 1.54) is 13.2 Å². The molecule has 7 heteroatoms. The van der Waals surface area contributed by atoms with Crippen LogP contribution < -0.4 is 10.6 Å². The SMILES string of the molecule is COC(=O)c1cc(F)cc2c1NC(N=N)N2. The molecule has 6 nitrogen and oxygen atoms in total. The number of rotatable bonds is 2. The number of fused-ring (bicyclic) bond motifs is 1. The molecular formula is C9H9FN4O2. The van der Waals surface area contributed by atoms with Crippen molar-refractivity contribution in [1.29, 1.82) is 5.53 Å². The minimum atomic E-state index is -0.680. The number of anilines is 2. The van der Waals surface area contributed by atoms with Crippen molar-refractivity contribution in [3.63, 3.8) is 0 Å². The molecule has 0 saturated carbocycles. The third kappa shape index (κ3) is 1.56. The van der Waals surface area contributed by atoms with Gasteiger partial charge < -0.3 is 15.4 Å². The van der Waals surface area contributed by atoms with Crippen LogP contribution in [0.15, 0.2) is 17.2 Å². The third-order valence-corrected chi connectivity index (χ3v) is 2.21. The molecule has 1 unspecified atom stereocenters. The number of carbonyl (C=O) groups excluding carboxylic acids is 1. The van der Waals surface area contributed by atoms with E-state index in [1.54, 1.807) is 0 Å². The molecule has 2 rings (SSSR count). The summed E-state index contributed by atoms with van der Waals surface area (Å²) in [4.78, 5) is 11.4. The second-order valence-electron chi connectivity index (χ2n) is 3.19. The van der Waals surface area contributed by atoms with E-state index >= 15 is 0 Å². The van der Waals surface area contributed by atoms with Gasteiger partial charge in [0.25, 0.3) is 0 Å². The Morgan fingerprint density at radius 3 is 2.94 bits per heavy atom. The topological polar surface area (TPSA) is 86.6 Å². The zero-order chi connectivity index (χ0) is 11.7. The van der Waals surface area contributed by atoms with Crippen molar-refractivity contribution < 1.29 is 13.9 Å². The van der Waals surface area contributed by atoms with Crippen molar-refractivity contribution >= 4 is 17.3 Å². The molecule has 1 heterocycles. The Morgan fingerprint density at radius 2 is 2.31 bits per heavy atom. The molecule has 3 N–H and O–H groups in total. The van der Waals surface area contributed by atoms with Gasteiger partial charge in [0.15, 0.2) is 0 Å². The summed E-state index contributed by atoms with van der Waals surface area (Å²) in [6, 6.07) is 2.30. The van der Waals surface area contributed by atoms with Gasteiger partial charge in [-0.25, -0.2) is 14.7 Å². The number of ether oxygens (including phenoxy) is 1. The zero-order valence-electron chi connectivity index (χ0n) is 8.37. The molecule has 0 saturated heterocycles.